The first-order valence-electron chi connectivity index (χ1n) is 3.36. The van der Waals surface area contributed by atoms with Crippen LogP contribution in [0.1, 0.15) is 19.3 Å². The first kappa shape index (κ1) is 8.94. The first-order chi connectivity index (χ1) is 4.91. The molecule has 0 heterocycles. The predicted octanol–water partition coefficient (Wildman–Crippen LogP) is 0.793. The van der Waals surface area contributed by atoms with Crippen LogP contribution in [0.2, 0.25) is 0 Å². The van der Waals surface area contributed by atoms with E-state index in [2.05, 4.69) is 11.4 Å². The molecule has 0 aromatic carbocycles. The van der Waals surface area contributed by atoms with E-state index in [0.29, 0.717) is 13.0 Å². The van der Waals surface area contributed by atoms with Crippen LogP contribution in [0, 0.1) is 22.7 Å². The lowest BCUT2D eigenvalue weighted by Gasteiger charge is -1.95. The lowest BCUT2D eigenvalue weighted by Crippen LogP contribution is -2.14. The molecule has 0 atom stereocenters. The Morgan fingerprint density at radius 1 is 1.10 bits per heavy atom. The van der Waals surface area contributed by atoms with Gasteiger partial charge in [-0.3, -0.25) is 0 Å². The molecule has 10 heavy (non-hydrogen) atoms. The Bertz CT molecular complexity index is 122. The molecule has 3 heteroatoms. The summed E-state index contributed by atoms with van der Waals surface area (Å²) in [5.74, 6) is 0. The van der Waals surface area contributed by atoms with Crippen molar-refractivity contribution in [3.05, 3.63) is 0 Å². The van der Waals surface area contributed by atoms with Crippen LogP contribution in [0.5, 0.6) is 0 Å². The Kier molecular flexibility index (Phi) is 7.10. The number of nitrogens with zero attached hydrogens (tertiary/aromatic N) is 2. The fourth-order valence-corrected chi connectivity index (χ4v) is 0.598. The van der Waals surface area contributed by atoms with Crippen molar-refractivity contribution in [2.24, 2.45) is 0 Å². The molecule has 0 bridgehead atoms. The van der Waals surface area contributed by atoms with Gasteiger partial charge in [-0.2, -0.15) is 10.5 Å². The van der Waals surface area contributed by atoms with Crippen molar-refractivity contribution in [3.8, 4) is 12.1 Å². The van der Waals surface area contributed by atoms with Gasteiger partial charge in [-0.05, 0) is 19.4 Å². The van der Waals surface area contributed by atoms with Crippen molar-refractivity contribution in [1.29, 1.82) is 10.5 Å². The van der Waals surface area contributed by atoms with Crippen molar-refractivity contribution >= 4 is 0 Å². The van der Waals surface area contributed by atoms with Crippen LogP contribution in [0.25, 0.3) is 0 Å². The zero-order chi connectivity index (χ0) is 7.66. The van der Waals surface area contributed by atoms with Gasteiger partial charge in [0.05, 0.1) is 18.7 Å². The molecule has 3 nitrogen and oxygen atoms in total. The maximum absolute atomic E-state index is 8.15. The smallest absolute Gasteiger partial charge is 0.0840 e. The highest BCUT2D eigenvalue weighted by Gasteiger charge is 1.85. The second kappa shape index (κ2) is 7.94. The van der Waals surface area contributed by atoms with Gasteiger partial charge in [0.1, 0.15) is 0 Å². The van der Waals surface area contributed by atoms with E-state index in [1.54, 1.807) is 0 Å². The van der Waals surface area contributed by atoms with E-state index in [1.165, 1.54) is 0 Å². The van der Waals surface area contributed by atoms with E-state index in [4.69, 9.17) is 10.5 Å². The molecule has 0 aliphatic carbocycles. The fraction of sp³-hybridized carbons (Fsp3) is 0.714. The summed E-state index contributed by atoms with van der Waals surface area (Å²) in [5, 5.41) is 19.2. The first-order valence-corrected chi connectivity index (χ1v) is 3.36. The van der Waals surface area contributed by atoms with Crippen LogP contribution < -0.4 is 5.32 Å². The molecule has 0 radical (unpaired) electrons. The zero-order valence-corrected chi connectivity index (χ0v) is 5.93. The Morgan fingerprint density at radius 3 is 2.50 bits per heavy atom. The van der Waals surface area contributed by atoms with Crippen LogP contribution in [0.15, 0.2) is 0 Å². The molecule has 0 rings (SSSR count). The summed E-state index contributed by atoms with van der Waals surface area (Å²) < 4.78 is 0. The molecule has 0 saturated heterocycles. The van der Waals surface area contributed by atoms with Gasteiger partial charge in [0.25, 0.3) is 0 Å². The monoisotopic (exact) mass is 137 g/mol. The van der Waals surface area contributed by atoms with Gasteiger partial charge < -0.3 is 5.32 Å². The van der Waals surface area contributed by atoms with Gasteiger partial charge in [-0.25, -0.2) is 0 Å². The third-order valence-corrected chi connectivity index (χ3v) is 1.10. The number of hydrogen-bond donors (Lipinski definition) is 1. The van der Waals surface area contributed by atoms with E-state index in [-0.39, 0.29) is 0 Å². The third kappa shape index (κ3) is 6.94. The molecule has 0 saturated carbocycles. The van der Waals surface area contributed by atoms with Crippen molar-refractivity contribution < 1.29 is 0 Å². The third-order valence-electron chi connectivity index (χ3n) is 1.10. The van der Waals surface area contributed by atoms with Crippen molar-refractivity contribution in [1.82, 2.24) is 5.32 Å². The van der Waals surface area contributed by atoms with Crippen molar-refractivity contribution in [2.45, 2.75) is 19.3 Å². The van der Waals surface area contributed by atoms with E-state index in [0.717, 1.165) is 19.4 Å². The molecule has 0 aliphatic rings. The van der Waals surface area contributed by atoms with Gasteiger partial charge in [-0.15, -0.1) is 0 Å². The van der Waals surface area contributed by atoms with Crippen LogP contribution in [0.4, 0.5) is 0 Å². The Hall–Kier alpha value is -1.06. The molecule has 0 aliphatic heterocycles. The number of hydrogen-bond acceptors (Lipinski definition) is 3. The molecular weight excluding hydrogens is 126 g/mol. The predicted molar refractivity (Wildman–Crippen MR) is 37.9 cm³/mol. The summed E-state index contributed by atoms with van der Waals surface area (Å²) in [6, 6.07) is 4.05. The van der Waals surface area contributed by atoms with Crippen LogP contribution in [0.3, 0.4) is 0 Å². The quantitative estimate of drug-likeness (QED) is 0.450. The minimum Gasteiger partial charge on any atom is -0.304 e. The lowest BCUT2D eigenvalue weighted by molar-refractivity contribution is 0.666. The van der Waals surface area contributed by atoms with Gasteiger partial charge in [0.2, 0.25) is 0 Å². The van der Waals surface area contributed by atoms with Crippen molar-refractivity contribution in [3.63, 3.8) is 0 Å². The normalized spacial score (nSPS) is 8.20. The molecule has 0 spiro atoms. The van der Waals surface area contributed by atoms with Crippen LogP contribution >= 0.6 is 0 Å². The Labute approximate surface area is 61.3 Å². The molecule has 0 fully saturated rings. The SMILES string of the molecule is N#CCCCCNCC#N. The number of nitrogens with one attached hydrogen (secondary N) is 1. The lowest BCUT2D eigenvalue weighted by atomic mass is 10.2. The summed E-state index contributed by atoms with van der Waals surface area (Å²) in [5.41, 5.74) is 0. The highest BCUT2D eigenvalue weighted by molar-refractivity contribution is 4.73. The average molecular weight is 137 g/mol. The minimum absolute atomic E-state index is 0.409. The summed E-state index contributed by atoms with van der Waals surface area (Å²) in [7, 11) is 0. The van der Waals surface area contributed by atoms with Gasteiger partial charge in [0.15, 0.2) is 0 Å². The maximum atomic E-state index is 8.15. The molecule has 0 amide bonds. The molecule has 54 valence electrons. The summed E-state index contributed by atoms with van der Waals surface area (Å²) in [6.07, 6.45) is 2.53. The van der Waals surface area contributed by atoms with Crippen molar-refractivity contribution in [2.75, 3.05) is 13.1 Å². The highest BCUT2D eigenvalue weighted by atomic mass is 14.8. The van der Waals surface area contributed by atoms with Gasteiger partial charge in [-0.1, -0.05) is 0 Å². The molecule has 0 aromatic heterocycles. The number of nitriles is 2. The Morgan fingerprint density at radius 2 is 1.90 bits per heavy atom. The topological polar surface area (TPSA) is 59.6 Å². The molecule has 1 N–H and O–H groups in total. The Balaban J connectivity index is 2.80. The van der Waals surface area contributed by atoms with E-state index >= 15 is 0 Å². The summed E-state index contributed by atoms with van der Waals surface area (Å²) in [6.45, 7) is 1.25. The highest BCUT2D eigenvalue weighted by Crippen LogP contribution is 1.90. The fourth-order valence-electron chi connectivity index (χ4n) is 0.598. The van der Waals surface area contributed by atoms with E-state index in [9.17, 15) is 0 Å². The average Bonchev–Trinajstić information content (AvgIpc) is 1.97. The van der Waals surface area contributed by atoms with Gasteiger partial charge in [0, 0.05) is 6.42 Å². The van der Waals surface area contributed by atoms with Gasteiger partial charge >= 0.3 is 0 Å². The number of unbranched alkanes of at least 4 members (excludes halogenated alkanes) is 2. The second-order valence-electron chi connectivity index (χ2n) is 1.95. The second-order valence-corrected chi connectivity index (χ2v) is 1.95. The largest absolute Gasteiger partial charge is 0.304 e. The molecule has 0 unspecified atom stereocenters. The maximum Gasteiger partial charge on any atom is 0.0840 e. The standard InChI is InChI=1S/C7H11N3/c8-4-2-1-3-6-10-7-5-9/h10H,1-3,6-7H2. The molecular formula is C7H11N3. The number of rotatable bonds is 5. The summed E-state index contributed by atoms with van der Waals surface area (Å²) in [4.78, 5) is 0. The van der Waals surface area contributed by atoms with Crippen LogP contribution in [-0.4, -0.2) is 13.1 Å². The van der Waals surface area contributed by atoms with E-state index < -0.39 is 0 Å². The zero-order valence-electron chi connectivity index (χ0n) is 5.93. The summed E-state index contributed by atoms with van der Waals surface area (Å²) >= 11 is 0. The molecule has 0 aromatic rings. The van der Waals surface area contributed by atoms with Crippen LogP contribution in [-0.2, 0) is 0 Å². The minimum atomic E-state index is 0.409. The van der Waals surface area contributed by atoms with E-state index in [1.807, 2.05) is 6.07 Å².